The molecule has 1 amide bonds. The number of carbonyl (C=O) groups is 1. The third kappa shape index (κ3) is 2.07. The van der Waals surface area contributed by atoms with E-state index in [1.165, 1.54) is 0 Å². The maximum absolute atomic E-state index is 13.5. The highest BCUT2D eigenvalue weighted by atomic mass is 19.3. The summed E-state index contributed by atoms with van der Waals surface area (Å²) in [4.78, 5) is 14.5. The SMILES string of the molecule is CCC1(C(F)F)C[C@@H]2CC[C@H](c3cccc(C)c3)N2C1=O. The Morgan fingerprint density at radius 1 is 1.38 bits per heavy atom. The lowest BCUT2D eigenvalue weighted by atomic mass is 9.81. The van der Waals surface area contributed by atoms with E-state index in [1.807, 2.05) is 25.1 Å². The smallest absolute Gasteiger partial charge is 0.252 e. The van der Waals surface area contributed by atoms with Gasteiger partial charge >= 0.3 is 0 Å². The number of amides is 1. The van der Waals surface area contributed by atoms with E-state index in [-0.39, 0.29) is 24.4 Å². The highest BCUT2D eigenvalue weighted by molar-refractivity contribution is 5.86. The lowest BCUT2D eigenvalue weighted by molar-refractivity contribution is -0.146. The minimum absolute atomic E-state index is 0.0167. The largest absolute Gasteiger partial charge is 0.332 e. The van der Waals surface area contributed by atoms with Crippen LogP contribution in [0.5, 0.6) is 0 Å². The van der Waals surface area contributed by atoms with Crippen molar-refractivity contribution in [3.63, 3.8) is 0 Å². The van der Waals surface area contributed by atoms with Crippen LogP contribution in [0.4, 0.5) is 8.78 Å². The highest BCUT2D eigenvalue weighted by Gasteiger charge is 2.59. The van der Waals surface area contributed by atoms with Crippen LogP contribution >= 0.6 is 0 Å². The van der Waals surface area contributed by atoms with E-state index in [1.54, 1.807) is 11.8 Å². The van der Waals surface area contributed by atoms with Gasteiger partial charge in [-0.3, -0.25) is 4.79 Å². The number of hydrogen-bond donors (Lipinski definition) is 0. The van der Waals surface area contributed by atoms with Crippen LogP contribution in [0, 0.1) is 12.3 Å². The van der Waals surface area contributed by atoms with Gasteiger partial charge in [0, 0.05) is 6.04 Å². The molecule has 2 nitrogen and oxygen atoms in total. The summed E-state index contributed by atoms with van der Waals surface area (Å²) in [6.07, 6.45) is -0.333. The molecule has 0 spiro atoms. The number of fused-ring (bicyclic) bond motifs is 1. The van der Waals surface area contributed by atoms with Crippen molar-refractivity contribution in [1.82, 2.24) is 4.90 Å². The predicted molar refractivity (Wildman–Crippen MR) is 77.1 cm³/mol. The van der Waals surface area contributed by atoms with Gasteiger partial charge in [-0.05, 0) is 38.2 Å². The van der Waals surface area contributed by atoms with Crippen LogP contribution in [-0.4, -0.2) is 23.3 Å². The highest BCUT2D eigenvalue weighted by Crippen LogP contribution is 2.52. The summed E-state index contributed by atoms with van der Waals surface area (Å²) in [6, 6.07) is 8.00. The zero-order valence-corrected chi connectivity index (χ0v) is 12.5. The van der Waals surface area contributed by atoms with Crippen LogP contribution in [-0.2, 0) is 4.79 Å². The second-order valence-corrected chi connectivity index (χ2v) is 6.39. The Hall–Kier alpha value is -1.45. The summed E-state index contributed by atoms with van der Waals surface area (Å²) in [5.41, 5.74) is 0.762. The van der Waals surface area contributed by atoms with E-state index in [0.29, 0.717) is 6.42 Å². The normalized spacial score (nSPS) is 32.0. The van der Waals surface area contributed by atoms with Gasteiger partial charge in [-0.25, -0.2) is 8.78 Å². The van der Waals surface area contributed by atoms with E-state index in [0.717, 1.165) is 24.0 Å². The zero-order valence-electron chi connectivity index (χ0n) is 12.5. The molecule has 0 saturated carbocycles. The summed E-state index contributed by atoms with van der Waals surface area (Å²) in [6.45, 7) is 3.71. The molecule has 0 bridgehead atoms. The molecule has 0 N–H and O–H groups in total. The summed E-state index contributed by atoms with van der Waals surface area (Å²) < 4.78 is 27.0. The van der Waals surface area contributed by atoms with E-state index in [4.69, 9.17) is 0 Å². The summed E-state index contributed by atoms with van der Waals surface area (Å²) in [5.74, 6) is -0.339. The minimum Gasteiger partial charge on any atom is -0.332 e. The van der Waals surface area contributed by atoms with Crippen LogP contribution in [0.15, 0.2) is 24.3 Å². The Bertz CT molecular complexity index is 559. The molecule has 21 heavy (non-hydrogen) atoms. The van der Waals surface area contributed by atoms with Gasteiger partial charge in [0.25, 0.3) is 6.43 Å². The van der Waals surface area contributed by atoms with Gasteiger partial charge in [0.05, 0.1) is 6.04 Å². The Morgan fingerprint density at radius 3 is 2.76 bits per heavy atom. The fourth-order valence-electron chi connectivity index (χ4n) is 3.99. The third-order valence-corrected chi connectivity index (χ3v) is 5.24. The summed E-state index contributed by atoms with van der Waals surface area (Å²) in [7, 11) is 0. The van der Waals surface area contributed by atoms with Crippen molar-refractivity contribution in [2.24, 2.45) is 5.41 Å². The van der Waals surface area contributed by atoms with Gasteiger partial charge in [0.1, 0.15) is 5.41 Å². The van der Waals surface area contributed by atoms with E-state index >= 15 is 0 Å². The number of benzene rings is 1. The second-order valence-electron chi connectivity index (χ2n) is 6.39. The molecular weight excluding hydrogens is 272 g/mol. The van der Waals surface area contributed by atoms with Crippen LogP contribution in [0.3, 0.4) is 0 Å². The molecule has 3 rings (SSSR count). The fourth-order valence-corrected chi connectivity index (χ4v) is 3.99. The van der Waals surface area contributed by atoms with Crippen LogP contribution < -0.4 is 0 Å². The summed E-state index contributed by atoms with van der Waals surface area (Å²) in [5, 5.41) is 0. The Kier molecular flexibility index (Phi) is 3.50. The lowest BCUT2D eigenvalue weighted by Crippen LogP contribution is -2.40. The second kappa shape index (κ2) is 5.08. The first-order chi connectivity index (χ1) is 9.99. The molecular formula is C17H21F2NO. The van der Waals surface area contributed by atoms with Crippen molar-refractivity contribution in [1.29, 1.82) is 0 Å². The molecule has 4 heteroatoms. The van der Waals surface area contributed by atoms with Gasteiger partial charge in [-0.15, -0.1) is 0 Å². The van der Waals surface area contributed by atoms with Gasteiger partial charge in [-0.1, -0.05) is 36.8 Å². The first-order valence-corrected chi connectivity index (χ1v) is 7.67. The number of hydrogen-bond acceptors (Lipinski definition) is 1. The molecule has 2 saturated heterocycles. The third-order valence-electron chi connectivity index (χ3n) is 5.24. The molecule has 1 aromatic carbocycles. The fraction of sp³-hybridized carbons (Fsp3) is 0.588. The molecule has 1 unspecified atom stereocenters. The molecule has 2 heterocycles. The van der Waals surface area contributed by atoms with Crippen molar-refractivity contribution < 1.29 is 13.6 Å². The first kappa shape index (κ1) is 14.5. The molecule has 0 aliphatic carbocycles. The topological polar surface area (TPSA) is 20.3 Å². The van der Waals surface area contributed by atoms with Crippen molar-refractivity contribution in [3.8, 4) is 0 Å². The Balaban J connectivity index is 1.94. The molecule has 2 aliphatic heterocycles. The molecule has 2 fully saturated rings. The zero-order chi connectivity index (χ0) is 15.2. The van der Waals surface area contributed by atoms with Crippen molar-refractivity contribution in [2.45, 2.75) is 58.0 Å². The Morgan fingerprint density at radius 2 is 2.14 bits per heavy atom. The number of nitrogens with zero attached hydrogens (tertiary/aromatic N) is 1. The van der Waals surface area contributed by atoms with Crippen LogP contribution in [0.2, 0.25) is 0 Å². The van der Waals surface area contributed by atoms with Crippen molar-refractivity contribution >= 4 is 5.91 Å². The van der Waals surface area contributed by atoms with Gasteiger partial charge in [0.15, 0.2) is 0 Å². The molecule has 0 radical (unpaired) electrons. The number of carbonyl (C=O) groups excluding carboxylic acids is 1. The predicted octanol–water partition coefficient (Wildman–Crippen LogP) is 4.09. The standard InChI is InChI=1S/C17H21F2NO/c1-3-17(15(18)19)10-13-7-8-14(20(13)16(17)21)12-6-4-5-11(2)9-12/h4-6,9,13-15H,3,7-8,10H2,1-2H3/t13-,14+,17?/m0/s1. The Labute approximate surface area is 124 Å². The minimum atomic E-state index is -2.57. The molecule has 2 aliphatic rings. The van der Waals surface area contributed by atoms with Gasteiger partial charge in [-0.2, -0.15) is 0 Å². The number of rotatable bonds is 3. The number of alkyl halides is 2. The van der Waals surface area contributed by atoms with E-state index in [9.17, 15) is 13.6 Å². The average Bonchev–Trinajstić information content (AvgIpc) is 2.98. The molecule has 114 valence electrons. The van der Waals surface area contributed by atoms with Gasteiger partial charge in [0.2, 0.25) is 5.91 Å². The summed E-state index contributed by atoms with van der Waals surface area (Å²) >= 11 is 0. The monoisotopic (exact) mass is 293 g/mol. The average molecular weight is 293 g/mol. The van der Waals surface area contributed by atoms with Crippen molar-refractivity contribution in [3.05, 3.63) is 35.4 Å². The van der Waals surface area contributed by atoms with Gasteiger partial charge < -0.3 is 4.90 Å². The first-order valence-electron chi connectivity index (χ1n) is 7.67. The van der Waals surface area contributed by atoms with E-state index < -0.39 is 11.8 Å². The van der Waals surface area contributed by atoms with Crippen LogP contribution in [0.1, 0.15) is 49.8 Å². The maximum Gasteiger partial charge on any atom is 0.252 e. The molecule has 1 aromatic rings. The molecule has 0 aromatic heterocycles. The quantitative estimate of drug-likeness (QED) is 0.822. The maximum atomic E-state index is 13.5. The molecule has 3 atom stereocenters. The van der Waals surface area contributed by atoms with Crippen LogP contribution in [0.25, 0.3) is 0 Å². The van der Waals surface area contributed by atoms with E-state index in [2.05, 4.69) is 6.07 Å². The number of aryl methyl sites for hydroxylation is 1. The lowest BCUT2D eigenvalue weighted by Gasteiger charge is -2.29. The van der Waals surface area contributed by atoms with Crippen molar-refractivity contribution in [2.75, 3.05) is 0 Å². The number of halogens is 2.